The van der Waals surface area contributed by atoms with E-state index in [1.165, 1.54) is 5.12 Å². The number of rotatable bonds is 4. The second-order valence-corrected chi connectivity index (χ2v) is 3.98. The number of nitrogens with zero attached hydrogens (tertiary/aromatic N) is 3. The summed E-state index contributed by atoms with van der Waals surface area (Å²) in [4.78, 5) is 10.9. The van der Waals surface area contributed by atoms with Crippen LogP contribution in [0.4, 0.5) is 4.79 Å². The number of amides is 1. The molecule has 1 aliphatic rings. The highest BCUT2D eigenvalue weighted by Crippen LogP contribution is 2.26. The molecule has 0 saturated heterocycles. The molecule has 0 aromatic heterocycles. The van der Waals surface area contributed by atoms with Crippen LogP contribution in [0.3, 0.4) is 0 Å². The van der Waals surface area contributed by atoms with Gasteiger partial charge >= 0.3 is 6.09 Å². The molecule has 1 heterocycles. The molecule has 1 unspecified atom stereocenters. The largest absolute Gasteiger partial charge is 0.439 e. The highest BCUT2D eigenvalue weighted by Gasteiger charge is 2.22. The van der Waals surface area contributed by atoms with Crippen LogP contribution < -0.4 is 11.2 Å². The molecular weight excluding hydrogens is 258 g/mol. The van der Waals surface area contributed by atoms with Crippen LogP contribution in [0, 0.1) is 0 Å². The van der Waals surface area contributed by atoms with E-state index in [0.717, 1.165) is 0 Å². The first-order valence-corrected chi connectivity index (χ1v) is 5.63. The summed E-state index contributed by atoms with van der Waals surface area (Å²) in [5, 5.41) is 9.53. The number of carbonyl (C=O) groups excluding carboxylic acids is 1. The summed E-state index contributed by atoms with van der Waals surface area (Å²) >= 11 is 6.06. The molecule has 0 spiro atoms. The molecule has 0 saturated carbocycles. The van der Waals surface area contributed by atoms with Gasteiger partial charge in [0.05, 0.1) is 6.54 Å². The fourth-order valence-electron chi connectivity index (χ4n) is 1.59. The Morgan fingerprint density at radius 2 is 2.39 bits per heavy atom. The Kier molecular flexibility index (Phi) is 3.96. The van der Waals surface area contributed by atoms with Crippen molar-refractivity contribution >= 4 is 17.7 Å². The van der Waals surface area contributed by atoms with Gasteiger partial charge in [-0.15, -0.1) is 0 Å². The number of benzene rings is 1. The first-order chi connectivity index (χ1) is 8.66. The summed E-state index contributed by atoms with van der Waals surface area (Å²) in [6.07, 6.45) is -1.48. The number of carbonyl (C=O) groups is 1. The van der Waals surface area contributed by atoms with Crippen molar-refractivity contribution in [1.29, 1.82) is 0 Å². The zero-order valence-corrected chi connectivity index (χ0v) is 10.2. The molecule has 2 rings (SSSR count). The fourth-order valence-corrected chi connectivity index (χ4v) is 1.84. The lowest BCUT2D eigenvalue weighted by atomic mass is 10.1. The van der Waals surface area contributed by atoms with Crippen molar-refractivity contribution in [2.24, 2.45) is 16.1 Å². The first kappa shape index (κ1) is 12.6. The minimum atomic E-state index is -0.865. The Morgan fingerprint density at radius 1 is 1.61 bits per heavy atom. The van der Waals surface area contributed by atoms with Gasteiger partial charge in [-0.1, -0.05) is 35.0 Å². The van der Waals surface area contributed by atoms with Crippen LogP contribution in [0.25, 0.3) is 0 Å². The Morgan fingerprint density at radius 3 is 3.00 bits per heavy atom. The van der Waals surface area contributed by atoms with E-state index in [4.69, 9.17) is 22.1 Å². The van der Waals surface area contributed by atoms with Gasteiger partial charge in [0, 0.05) is 10.6 Å². The molecule has 0 fully saturated rings. The van der Waals surface area contributed by atoms with Crippen molar-refractivity contribution in [2.75, 3.05) is 13.2 Å². The number of hydrogen-bond donors (Lipinski definition) is 2. The van der Waals surface area contributed by atoms with Gasteiger partial charge in [-0.3, -0.25) is 0 Å². The van der Waals surface area contributed by atoms with Crippen LogP contribution in [-0.2, 0) is 4.74 Å². The van der Waals surface area contributed by atoms with E-state index in [1.54, 1.807) is 24.3 Å². The molecule has 1 aromatic carbocycles. The standard InChI is InChI=1S/C10H12ClN5O2/c11-8-4-2-1-3-7(8)9(18-10(12)17)5-16-14-6-13-15-16/h1-4,9,14H,5-6H2,(H2,12,17). The summed E-state index contributed by atoms with van der Waals surface area (Å²) in [7, 11) is 0. The minimum Gasteiger partial charge on any atom is -0.439 e. The van der Waals surface area contributed by atoms with E-state index in [2.05, 4.69) is 15.8 Å². The summed E-state index contributed by atoms with van der Waals surface area (Å²) in [5.41, 5.74) is 8.60. The Bertz CT molecular complexity index is 467. The van der Waals surface area contributed by atoms with Crippen molar-refractivity contribution in [3.63, 3.8) is 0 Å². The second kappa shape index (κ2) is 5.65. The third-order valence-electron chi connectivity index (χ3n) is 2.34. The van der Waals surface area contributed by atoms with Crippen molar-refractivity contribution < 1.29 is 9.53 Å². The van der Waals surface area contributed by atoms with Crippen LogP contribution in [0.5, 0.6) is 0 Å². The molecule has 96 valence electrons. The summed E-state index contributed by atoms with van der Waals surface area (Å²) < 4.78 is 5.05. The zero-order chi connectivity index (χ0) is 13.0. The molecule has 7 nitrogen and oxygen atoms in total. The van der Waals surface area contributed by atoms with Crippen LogP contribution in [0.2, 0.25) is 5.02 Å². The van der Waals surface area contributed by atoms with E-state index in [0.29, 0.717) is 17.3 Å². The molecule has 18 heavy (non-hydrogen) atoms. The Hall–Kier alpha value is -1.86. The van der Waals surface area contributed by atoms with E-state index in [9.17, 15) is 4.79 Å². The summed E-state index contributed by atoms with van der Waals surface area (Å²) in [6.45, 7) is 0.669. The summed E-state index contributed by atoms with van der Waals surface area (Å²) in [5.74, 6) is 0. The van der Waals surface area contributed by atoms with E-state index < -0.39 is 12.2 Å². The van der Waals surface area contributed by atoms with E-state index in [-0.39, 0.29) is 6.54 Å². The average Bonchev–Trinajstić information content (AvgIpc) is 2.81. The quantitative estimate of drug-likeness (QED) is 0.869. The third kappa shape index (κ3) is 3.08. The van der Waals surface area contributed by atoms with Gasteiger partial charge in [-0.05, 0) is 6.07 Å². The zero-order valence-electron chi connectivity index (χ0n) is 9.41. The lowest BCUT2D eigenvalue weighted by molar-refractivity contribution is 0.0656. The first-order valence-electron chi connectivity index (χ1n) is 5.26. The van der Waals surface area contributed by atoms with Crippen molar-refractivity contribution in [1.82, 2.24) is 10.5 Å². The molecule has 1 amide bonds. The number of hydrogen-bond acceptors (Lipinski definition) is 6. The molecule has 0 aliphatic carbocycles. The SMILES string of the molecule is NC(=O)OC(CN1N=NCN1)c1ccccc1Cl. The van der Waals surface area contributed by atoms with Gasteiger partial charge in [0.2, 0.25) is 0 Å². The highest BCUT2D eigenvalue weighted by atomic mass is 35.5. The topological polar surface area (TPSA) is 92.3 Å². The molecule has 1 aromatic rings. The number of nitrogens with two attached hydrogens (primary N) is 1. The molecular formula is C10H12ClN5O2. The molecule has 1 aliphatic heterocycles. The molecule has 0 radical (unpaired) electrons. The van der Waals surface area contributed by atoms with Crippen LogP contribution >= 0.6 is 11.6 Å². The molecule has 1 atom stereocenters. The number of nitrogens with one attached hydrogen (secondary N) is 1. The van der Waals surface area contributed by atoms with Crippen LogP contribution in [0.1, 0.15) is 11.7 Å². The van der Waals surface area contributed by atoms with Gasteiger partial charge < -0.3 is 10.5 Å². The highest BCUT2D eigenvalue weighted by molar-refractivity contribution is 6.31. The number of primary amides is 1. The van der Waals surface area contributed by atoms with Gasteiger partial charge in [0.1, 0.15) is 6.67 Å². The van der Waals surface area contributed by atoms with Crippen molar-refractivity contribution in [3.8, 4) is 0 Å². The predicted molar refractivity (Wildman–Crippen MR) is 64.4 cm³/mol. The number of ether oxygens (including phenoxy) is 1. The van der Waals surface area contributed by atoms with E-state index >= 15 is 0 Å². The maximum Gasteiger partial charge on any atom is 0.405 e. The summed E-state index contributed by atoms with van der Waals surface area (Å²) in [6, 6.07) is 7.08. The second-order valence-electron chi connectivity index (χ2n) is 3.58. The lowest BCUT2D eigenvalue weighted by Crippen LogP contribution is -2.34. The minimum absolute atomic E-state index is 0.274. The van der Waals surface area contributed by atoms with Crippen molar-refractivity contribution in [2.45, 2.75) is 6.10 Å². The van der Waals surface area contributed by atoms with Gasteiger partial charge in [0.25, 0.3) is 0 Å². The number of hydrazine groups is 1. The third-order valence-corrected chi connectivity index (χ3v) is 2.69. The maximum absolute atomic E-state index is 10.9. The number of halogens is 1. The average molecular weight is 270 g/mol. The Balaban J connectivity index is 2.16. The smallest absolute Gasteiger partial charge is 0.405 e. The molecule has 8 heteroatoms. The van der Waals surface area contributed by atoms with Crippen molar-refractivity contribution in [3.05, 3.63) is 34.9 Å². The van der Waals surface area contributed by atoms with Gasteiger partial charge in [0.15, 0.2) is 6.10 Å². The fraction of sp³-hybridized carbons (Fsp3) is 0.300. The predicted octanol–water partition coefficient (Wildman–Crippen LogP) is 1.62. The van der Waals surface area contributed by atoms with Crippen LogP contribution in [-0.4, -0.2) is 24.4 Å². The van der Waals surface area contributed by atoms with Crippen LogP contribution in [0.15, 0.2) is 34.6 Å². The van der Waals surface area contributed by atoms with Gasteiger partial charge in [-0.2, -0.15) is 10.5 Å². The normalized spacial score (nSPS) is 15.7. The van der Waals surface area contributed by atoms with E-state index in [1.807, 2.05) is 0 Å². The monoisotopic (exact) mass is 269 g/mol. The van der Waals surface area contributed by atoms with Gasteiger partial charge in [-0.25, -0.2) is 9.91 Å². The lowest BCUT2D eigenvalue weighted by Gasteiger charge is -2.21. The Labute approximate surface area is 109 Å². The molecule has 0 bridgehead atoms. The maximum atomic E-state index is 10.9. The molecule has 3 N–H and O–H groups in total.